The molecule has 2 N–H and O–H groups in total. The summed E-state index contributed by atoms with van der Waals surface area (Å²) in [6, 6.07) is 15.9. The third kappa shape index (κ3) is 4.87. The molecule has 0 atom stereocenters. The standard InChI is InChI=1S/C23H27N3O2/c1-16-13-20(25-21-14-17(15-23(24)27)9-10-18(16)21)19-7-4-5-8-22(19)28-12-6-11-26(2)3/h4-5,7-10,13-14H,6,11-12,15H2,1-3H3,(H2,24,27). The largest absolute Gasteiger partial charge is 0.493 e. The minimum Gasteiger partial charge on any atom is -0.493 e. The SMILES string of the molecule is Cc1cc(-c2ccccc2OCCCN(C)C)nc2cc(CC(N)=O)ccc12. The highest BCUT2D eigenvalue weighted by atomic mass is 16.5. The number of pyridine rings is 1. The van der Waals surface area contributed by atoms with E-state index in [0.29, 0.717) is 6.61 Å². The quantitative estimate of drug-likeness (QED) is 0.610. The van der Waals surface area contributed by atoms with Crippen LogP contribution in [0.3, 0.4) is 0 Å². The van der Waals surface area contributed by atoms with Crippen LogP contribution >= 0.6 is 0 Å². The highest BCUT2D eigenvalue weighted by molar-refractivity contribution is 5.87. The van der Waals surface area contributed by atoms with Crippen LogP contribution in [0, 0.1) is 6.92 Å². The van der Waals surface area contributed by atoms with E-state index in [2.05, 4.69) is 32.0 Å². The van der Waals surface area contributed by atoms with Gasteiger partial charge in [-0.15, -0.1) is 0 Å². The molecule has 0 unspecified atom stereocenters. The van der Waals surface area contributed by atoms with Gasteiger partial charge in [0.25, 0.3) is 0 Å². The minimum absolute atomic E-state index is 0.215. The number of carbonyl (C=O) groups excluding carboxylic acids is 1. The number of nitrogens with two attached hydrogens (primary N) is 1. The van der Waals surface area contributed by atoms with Gasteiger partial charge in [0.15, 0.2) is 0 Å². The number of aryl methyl sites for hydroxylation is 1. The Morgan fingerprint density at radius 2 is 1.93 bits per heavy atom. The number of rotatable bonds is 8. The number of ether oxygens (including phenoxy) is 1. The number of fused-ring (bicyclic) bond motifs is 1. The summed E-state index contributed by atoms with van der Waals surface area (Å²) in [6.07, 6.45) is 1.18. The van der Waals surface area contributed by atoms with Crippen molar-refractivity contribution in [2.75, 3.05) is 27.2 Å². The summed E-state index contributed by atoms with van der Waals surface area (Å²) in [5, 5.41) is 1.07. The topological polar surface area (TPSA) is 68.4 Å². The Balaban J connectivity index is 1.93. The van der Waals surface area contributed by atoms with Gasteiger partial charge < -0.3 is 15.4 Å². The lowest BCUT2D eigenvalue weighted by Crippen LogP contribution is -2.15. The lowest BCUT2D eigenvalue weighted by atomic mass is 10.0. The van der Waals surface area contributed by atoms with Gasteiger partial charge in [0, 0.05) is 17.5 Å². The molecule has 0 saturated carbocycles. The molecule has 0 aliphatic rings. The van der Waals surface area contributed by atoms with Crippen LogP contribution in [0.5, 0.6) is 5.75 Å². The third-order valence-corrected chi connectivity index (χ3v) is 4.63. The van der Waals surface area contributed by atoms with Crippen LogP contribution in [0.4, 0.5) is 0 Å². The Hall–Kier alpha value is -2.92. The zero-order valence-corrected chi connectivity index (χ0v) is 16.7. The number of carbonyl (C=O) groups is 1. The predicted molar refractivity (Wildman–Crippen MR) is 113 cm³/mol. The molecule has 0 bridgehead atoms. The van der Waals surface area contributed by atoms with Crippen LogP contribution in [0.1, 0.15) is 17.5 Å². The molecule has 5 heteroatoms. The maximum atomic E-state index is 11.3. The number of para-hydroxylation sites is 1. The van der Waals surface area contributed by atoms with E-state index in [4.69, 9.17) is 15.5 Å². The van der Waals surface area contributed by atoms with E-state index in [1.165, 1.54) is 0 Å². The van der Waals surface area contributed by atoms with E-state index >= 15 is 0 Å². The number of benzene rings is 2. The van der Waals surface area contributed by atoms with E-state index < -0.39 is 0 Å². The van der Waals surface area contributed by atoms with Crippen LogP contribution in [-0.4, -0.2) is 43.0 Å². The maximum absolute atomic E-state index is 11.3. The Morgan fingerprint density at radius 1 is 1.14 bits per heavy atom. The highest BCUT2D eigenvalue weighted by Crippen LogP contribution is 2.31. The lowest BCUT2D eigenvalue weighted by Gasteiger charge is -2.14. The first kappa shape index (κ1) is 19.8. The van der Waals surface area contributed by atoms with Gasteiger partial charge in [-0.2, -0.15) is 0 Å². The Kier molecular flexibility index (Phi) is 6.26. The number of primary amides is 1. The molecule has 0 aliphatic carbocycles. The zero-order valence-electron chi connectivity index (χ0n) is 16.7. The summed E-state index contributed by atoms with van der Waals surface area (Å²) in [7, 11) is 4.12. The number of aromatic nitrogens is 1. The summed E-state index contributed by atoms with van der Waals surface area (Å²) in [5.74, 6) is 0.490. The van der Waals surface area contributed by atoms with Crippen molar-refractivity contribution in [1.82, 2.24) is 9.88 Å². The van der Waals surface area contributed by atoms with E-state index in [-0.39, 0.29) is 12.3 Å². The van der Waals surface area contributed by atoms with Crippen molar-refractivity contribution >= 4 is 16.8 Å². The Labute approximate surface area is 166 Å². The molecular weight excluding hydrogens is 350 g/mol. The fraction of sp³-hybridized carbons (Fsp3) is 0.304. The molecule has 0 radical (unpaired) electrons. The minimum atomic E-state index is -0.344. The van der Waals surface area contributed by atoms with Crippen molar-refractivity contribution in [2.24, 2.45) is 5.73 Å². The van der Waals surface area contributed by atoms with Gasteiger partial charge in [-0.3, -0.25) is 4.79 Å². The van der Waals surface area contributed by atoms with Crippen molar-refractivity contribution in [3.8, 4) is 17.0 Å². The second kappa shape index (κ2) is 8.85. The molecule has 1 aromatic heterocycles. The average molecular weight is 377 g/mol. The number of amides is 1. The fourth-order valence-corrected chi connectivity index (χ4v) is 3.26. The van der Waals surface area contributed by atoms with E-state index in [9.17, 15) is 4.79 Å². The normalized spacial score (nSPS) is 11.1. The molecule has 0 spiro atoms. The molecule has 0 saturated heterocycles. The van der Waals surface area contributed by atoms with E-state index in [1.54, 1.807) is 0 Å². The average Bonchev–Trinajstić information content (AvgIpc) is 2.64. The molecule has 3 rings (SSSR count). The number of nitrogens with zero attached hydrogens (tertiary/aromatic N) is 2. The Morgan fingerprint density at radius 3 is 2.68 bits per heavy atom. The molecule has 1 amide bonds. The first-order valence-electron chi connectivity index (χ1n) is 9.49. The van der Waals surface area contributed by atoms with Crippen LogP contribution in [0.2, 0.25) is 0 Å². The Bertz CT molecular complexity index is 983. The van der Waals surface area contributed by atoms with Gasteiger partial charge in [0.05, 0.1) is 24.2 Å². The summed E-state index contributed by atoms with van der Waals surface area (Å²) in [5.41, 5.74) is 10.0. The second-order valence-electron chi connectivity index (χ2n) is 7.32. The molecule has 0 aliphatic heterocycles. The lowest BCUT2D eigenvalue weighted by molar-refractivity contribution is -0.117. The molecule has 28 heavy (non-hydrogen) atoms. The molecule has 3 aromatic rings. The van der Waals surface area contributed by atoms with Crippen molar-refractivity contribution in [3.63, 3.8) is 0 Å². The first-order chi connectivity index (χ1) is 13.4. The number of hydrogen-bond donors (Lipinski definition) is 1. The smallest absolute Gasteiger partial charge is 0.221 e. The van der Waals surface area contributed by atoms with Gasteiger partial charge in [-0.1, -0.05) is 24.3 Å². The molecule has 1 heterocycles. The van der Waals surface area contributed by atoms with Crippen molar-refractivity contribution in [3.05, 3.63) is 59.7 Å². The summed E-state index contributed by atoms with van der Waals surface area (Å²) in [6.45, 7) is 3.71. The molecular formula is C23H27N3O2. The highest BCUT2D eigenvalue weighted by Gasteiger charge is 2.11. The van der Waals surface area contributed by atoms with Gasteiger partial charge >= 0.3 is 0 Å². The van der Waals surface area contributed by atoms with Crippen molar-refractivity contribution < 1.29 is 9.53 Å². The summed E-state index contributed by atoms with van der Waals surface area (Å²) < 4.78 is 6.04. The van der Waals surface area contributed by atoms with Crippen LogP contribution in [0.15, 0.2) is 48.5 Å². The van der Waals surface area contributed by atoms with Gasteiger partial charge in [-0.05, 0) is 62.8 Å². The fourth-order valence-electron chi connectivity index (χ4n) is 3.26. The first-order valence-corrected chi connectivity index (χ1v) is 9.49. The van der Waals surface area contributed by atoms with Crippen LogP contribution in [0.25, 0.3) is 22.2 Å². The summed E-state index contributed by atoms with van der Waals surface area (Å²) in [4.78, 5) is 18.3. The summed E-state index contributed by atoms with van der Waals surface area (Å²) >= 11 is 0. The van der Waals surface area contributed by atoms with Gasteiger partial charge in [0.1, 0.15) is 5.75 Å². The molecule has 0 fully saturated rings. The maximum Gasteiger partial charge on any atom is 0.221 e. The number of hydrogen-bond acceptors (Lipinski definition) is 4. The second-order valence-corrected chi connectivity index (χ2v) is 7.32. The van der Waals surface area contributed by atoms with Gasteiger partial charge in [0.2, 0.25) is 5.91 Å². The molecule has 2 aromatic carbocycles. The van der Waals surface area contributed by atoms with Crippen LogP contribution < -0.4 is 10.5 Å². The molecule has 146 valence electrons. The zero-order chi connectivity index (χ0) is 20.1. The van der Waals surface area contributed by atoms with Crippen LogP contribution in [-0.2, 0) is 11.2 Å². The third-order valence-electron chi connectivity index (χ3n) is 4.63. The van der Waals surface area contributed by atoms with Gasteiger partial charge in [-0.25, -0.2) is 4.98 Å². The molecule has 5 nitrogen and oxygen atoms in total. The van der Waals surface area contributed by atoms with Crippen molar-refractivity contribution in [1.29, 1.82) is 0 Å². The van der Waals surface area contributed by atoms with Crippen molar-refractivity contribution in [2.45, 2.75) is 19.8 Å². The predicted octanol–water partition coefficient (Wildman–Crippen LogP) is 3.57. The van der Waals surface area contributed by atoms with E-state index in [1.807, 2.05) is 42.5 Å². The van der Waals surface area contributed by atoms with E-state index in [0.717, 1.165) is 52.0 Å². The monoisotopic (exact) mass is 377 g/mol.